The van der Waals surface area contributed by atoms with E-state index in [-0.39, 0.29) is 29.5 Å². The molecule has 2 N–H and O–H groups in total. The summed E-state index contributed by atoms with van der Waals surface area (Å²) in [4.78, 5) is 22.8. The van der Waals surface area contributed by atoms with Crippen molar-refractivity contribution in [2.45, 2.75) is 33.7 Å². The molecule has 2 rings (SSSR count). The van der Waals surface area contributed by atoms with Gasteiger partial charge < -0.3 is 19.9 Å². The van der Waals surface area contributed by atoms with E-state index < -0.39 is 5.97 Å². The Bertz CT molecular complexity index is 807. The summed E-state index contributed by atoms with van der Waals surface area (Å²) < 4.78 is 11.0. The molecule has 6 nitrogen and oxygen atoms in total. The van der Waals surface area contributed by atoms with Gasteiger partial charge in [0.2, 0.25) is 5.91 Å². The number of ether oxygens (including phenoxy) is 2. The highest BCUT2D eigenvalue weighted by Crippen LogP contribution is 2.23. The number of carboxylic acids is 1. The van der Waals surface area contributed by atoms with Crippen LogP contribution in [-0.4, -0.2) is 42.8 Å². The number of carbonyl (C=O) groups is 2. The first-order chi connectivity index (χ1) is 13.7. The molecule has 0 bridgehead atoms. The van der Waals surface area contributed by atoms with Crippen LogP contribution in [-0.2, 0) is 9.53 Å². The van der Waals surface area contributed by atoms with Gasteiger partial charge in [0, 0.05) is 6.04 Å². The smallest absolute Gasteiger partial charge is 0.335 e. The Kier molecular flexibility index (Phi) is 7.79. The molecule has 0 radical (unpaired) electrons. The van der Waals surface area contributed by atoms with Crippen LogP contribution in [0.5, 0.6) is 5.75 Å². The van der Waals surface area contributed by atoms with Crippen molar-refractivity contribution in [2.75, 3.05) is 19.8 Å². The lowest BCUT2D eigenvalue weighted by atomic mass is 9.88. The highest BCUT2D eigenvalue weighted by atomic mass is 16.5. The number of rotatable bonds is 9. The number of hydrogen-bond donors (Lipinski definition) is 2. The summed E-state index contributed by atoms with van der Waals surface area (Å²) in [6.45, 7) is 8.86. The minimum atomic E-state index is -0.941. The Labute approximate surface area is 171 Å². The normalized spacial score (nSPS) is 12.3. The van der Waals surface area contributed by atoms with Gasteiger partial charge in [-0.15, -0.1) is 0 Å². The Morgan fingerprint density at radius 2 is 1.52 bits per heavy atom. The Morgan fingerprint density at radius 3 is 2.03 bits per heavy atom. The lowest BCUT2D eigenvalue weighted by Crippen LogP contribution is -2.43. The van der Waals surface area contributed by atoms with Crippen LogP contribution in [0.2, 0.25) is 0 Å². The van der Waals surface area contributed by atoms with E-state index >= 15 is 0 Å². The molecular weight excluding hydrogens is 370 g/mol. The maximum Gasteiger partial charge on any atom is 0.335 e. The van der Waals surface area contributed by atoms with E-state index in [1.807, 2.05) is 31.2 Å². The van der Waals surface area contributed by atoms with Crippen molar-refractivity contribution in [3.8, 4) is 16.9 Å². The average Bonchev–Trinajstić information content (AvgIpc) is 2.67. The number of aromatic carboxylic acids is 1. The topological polar surface area (TPSA) is 84.9 Å². The molecule has 6 heteroatoms. The summed E-state index contributed by atoms with van der Waals surface area (Å²) in [6.07, 6.45) is 0. The molecular formula is C23H29NO5. The Balaban J connectivity index is 1.72. The lowest BCUT2D eigenvalue weighted by molar-refractivity contribution is -0.127. The predicted molar refractivity (Wildman–Crippen MR) is 112 cm³/mol. The molecule has 1 atom stereocenters. The van der Waals surface area contributed by atoms with Crippen molar-refractivity contribution in [3.05, 3.63) is 54.1 Å². The fourth-order valence-corrected chi connectivity index (χ4v) is 2.43. The van der Waals surface area contributed by atoms with Crippen molar-refractivity contribution < 1.29 is 24.2 Å². The van der Waals surface area contributed by atoms with E-state index in [9.17, 15) is 9.59 Å². The van der Waals surface area contributed by atoms with E-state index in [4.69, 9.17) is 14.6 Å². The second kappa shape index (κ2) is 10.1. The largest absolute Gasteiger partial charge is 0.491 e. The van der Waals surface area contributed by atoms with Crippen molar-refractivity contribution >= 4 is 11.9 Å². The van der Waals surface area contributed by atoms with E-state index in [2.05, 4.69) is 26.1 Å². The van der Waals surface area contributed by atoms with E-state index in [1.54, 1.807) is 24.3 Å². The third-order valence-corrected chi connectivity index (χ3v) is 4.73. The Morgan fingerprint density at radius 1 is 0.966 bits per heavy atom. The molecule has 1 unspecified atom stereocenters. The summed E-state index contributed by atoms with van der Waals surface area (Å²) in [5.41, 5.74) is 2.16. The maximum absolute atomic E-state index is 11.9. The van der Waals surface area contributed by atoms with Gasteiger partial charge in [0.05, 0.1) is 12.2 Å². The number of carboxylic acid groups (broad SMARTS) is 1. The van der Waals surface area contributed by atoms with Crippen LogP contribution in [0.15, 0.2) is 48.5 Å². The zero-order chi connectivity index (χ0) is 21.4. The monoisotopic (exact) mass is 399 g/mol. The van der Waals surface area contributed by atoms with Crippen molar-refractivity contribution in [3.63, 3.8) is 0 Å². The highest BCUT2D eigenvalue weighted by Gasteiger charge is 2.21. The van der Waals surface area contributed by atoms with Gasteiger partial charge >= 0.3 is 5.97 Å². The fraction of sp³-hybridized carbons (Fsp3) is 0.391. The molecule has 2 aromatic carbocycles. The minimum Gasteiger partial charge on any atom is -0.491 e. The molecule has 0 fully saturated rings. The van der Waals surface area contributed by atoms with E-state index in [0.717, 1.165) is 11.1 Å². The van der Waals surface area contributed by atoms with Gasteiger partial charge in [-0.2, -0.15) is 0 Å². The molecule has 29 heavy (non-hydrogen) atoms. The van der Waals surface area contributed by atoms with Crippen LogP contribution >= 0.6 is 0 Å². The number of amides is 1. The lowest BCUT2D eigenvalue weighted by Gasteiger charge is -2.28. The summed E-state index contributed by atoms with van der Waals surface area (Å²) in [5, 5.41) is 11.9. The van der Waals surface area contributed by atoms with Crippen molar-refractivity contribution in [1.29, 1.82) is 0 Å². The van der Waals surface area contributed by atoms with Gasteiger partial charge in [0.25, 0.3) is 0 Å². The summed E-state index contributed by atoms with van der Waals surface area (Å²) >= 11 is 0. The standard InChI is InChI=1S/C23H29NO5/c1-16(23(2,3)4)24-21(25)15-28-13-14-29-20-11-9-18(10-12-20)17-5-7-19(8-6-17)22(26)27/h5-12,16H,13-15H2,1-4H3,(H,24,25)(H,26,27). The molecule has 0 aromatic heterocycles. The van der Waals surface area contributed by atoms with Crippen LogP contribution in [0, 0.1) is 5.41 Å². The van der Waals surface area contributed by atoms with Crippen LogP contribution in [0.3, 0.4) is 0 Å². The third kappa shape index (κ3) is 7.23. The molecule has 1 amide bonds. The van der Waals surface area contributed by atoms with E-state index in [1.165, 1.54) is 0 Å². The summed E-state index contributed by atoms with van der Waals surface area (Å²) in [6, 6.07) is 14.3. The quantitative estimate of drug-likeness (QED) is 0.623. The molecule has 0 aliphatic carbocycles. The second-order valence-corrected chi connectivity index (χ2v) is 7.96. The first-order valence-corrected chi connectivity index (χ1v) is 9.60. The van der Waals surface area contributed by atoms with Crippen molar-refractivity contribution in [1.82, 2.24) is 5.32 Å². The average molecular weight is 399 g/mol. The molecule has 0 aliphatic rings. The minimum absolute atomic E-state index is 0.00321. The van der Waals surface area contributed by atoms with Gasteiger partial charge in [0.1, 0.15) is 19.0 Å². The van der Waals surface area contributed by atoms with Gasteiger partial charge in [-0.1, -0.05) is 45.0 Å². The predicted octanol–water partition coefficient (Wildman–Crippen LogP) is 4.00. The second-order valence-electron chi connectivity index (χ2n) is 7.96. The number of carbonyl (C=O) groups excluding carboxylic acids is 1. The van der Waals surface area contributed by atoms with Gasteiger partial charge in [-0.05, 0) is 47.7 Å². The van der Waals surface area contributed by atoms with Gasteiger partial charge in [-0.25, -0.2) is 4.79 Å². The molecule has 0 spiro atoms. The first-order valence-electron chi connectivity index (χ1n) is 9.60. The zero-order valence-corrected chi connectivity index (χ0v) is 17.4. The van der Waals surface area contributed by atoms with Crippen LogP contribution in [0.4, 0.5) is 0 Å². The fourth-order valence-electron chi connectivity index (χ4n) is 2.43. The summed E-state index contributed by atoms with van der Waals surface area (Å²) in [7, 11) is 0. The highest BCUT2D eigenvalue weighted by molar-refractivity contribution is 5.88. The molecule has 156 valence electrons. The number of benzene rings is 2. The number of hydrogen-bond acceptors (Lipinski definition) is 4. The zero-order valence-electron chi connectivity index (χ0n) is 17.4. The molecule has 0 aliphatic heterocycles. The van der Waals surface area contributed by atoms with Crippen LogP contribution < -0.4 is 10.1 Å². The van der Waals surface area contributed by atoms with Gasteiger partial charge in [0.15, 0.2) is 0 Å². The van der Waals surface area contributed by atoms with Crippen molar-refractivity contribution in [2.24, 2.45) is 5.41 Å². The third-order valence-electron chi connectivity index (χ3n) is 4.73. The first kappa shape index (κ1) is 22.4. The molecule has 0 heterocycles. The molecule has 0 saturated heterocycles. The molecule has 0 saturated carbocycles. The van der Waals surface area contributed by atoms with E-state index in [0.29, 0.717) is 19.0 Å². The van der Waals surface area contributed by atoms with Crippen LogP contribution in [0.25, 0.3) is 11.1 Å². The number of nitrogens with one attached hydrogen (secondary N) is 1. The summed E-state index contributed by atoms with van der Waals surface area (Å²) in [5.74, 6) is -0.375. The van der Waals surface area contributed by atoms with Gasteiger partial charge in [-0.3, -0.25) is 4.79 Å². The van der Waals surface area contributed by atoms with Crippen LogP contribution in [0.1, 0.15) is 38.1 Å². The SMILES string of the molecule is CC(NC(=O)COCCOc1ccc(-c2ccc(C(=O)O)cc2)cc1)C(C)(C)C. The molecule has 2 aromatic rings. The maximum atomic E-state index is 11.9. The Hall–Kier alpha value is -2.86.